The Labute approximate surface area is 174 Å². The van der Waals surface area contributed by atoms with Gasteiger partial charge in [0.25, 0.3) is 0 Å². The molecular weight excluding hydrogens is 441 g/mol. The van der Waals surface area contributed by atoms with Crippen LogP contribution in [0.25, 0.3) is 0 Å². The number of rotatable bonds is 7. The van der Waals surface area contributed by atoms with Gasteiger partial charge >= 0.3 is 0 Å². The van der Waals surface area contributed by atoms with Gasteiger partial charge in [0.1, 0.15) is 5.75 Å². The molecule has 2 aliphatic rings. The lowest BCUT2D eigenvalue weighted by molar-refractivity contribution is 0.120. The number of hydrogen-bond acceptors (Lipinski definition) is 3. The minimum Gasteiger partial charge on any atom is -0.493 e. The molecule has 1 aromatic carbocycles. The number of aliphatic hydroxyl groups excluding tert-OH is 1. The van der Waals surface area contributed by atoms with Gasteiger partial charge in [0.05, 0.1) is 19.3 Å². The van der Waals surface area contributed by atoms with E-state index in [0.29, 0.717) is 12.6 Å². The number of hydrogen-bond donors (Lipinski definition) is 3. The highest BCUT2D eigenvalue weighted by atomic mass is 127. The third kappa shape index (κ3) is 6.95. The van der Waals surface area contributed by atoms with E-state index in [1.807, 2.05) is 18.2 Å². The molecule has 3 N–H and O–H groups in total. The first-order chi connectivity index (χ1) is 12.2. The Hall–Kier alpha value is -1.02. The molecule has 0 aromatic heterocycles. The fraction of sp³-hybridized carbons (Fsp3) is 0.650. The molecule has 2 fully saturated rings. The third-order valence-corrected chi connectivity index (χ3v) is 4.93. The van der Waals surface area contributed by atoms with Gasteiger partial charge in [-0.3, -0.25) is 0 Å². The second-order valence-electron chi connectivity index (χ2n) is 7.21. The van der Waals surface area contributed by atoms with Gasteiger partial charge in [0, 0.05) is 18.2 Å². The summed E-state index contributed by atoms with van der Waals surface area (Å²) in [4.78, 5) is 4.75. The number of aliphatic imine (C=N–C) groups is 1. The second-order valence-corrected chi connectivity index (χ2v) is 7.21. The predicted molar refractivity (Wildman–Crippen MR) is 116 cm³/mol. The van der Waals surface area contributed by atoms with E-state index in [4.69, 9.17) is 9.73 Å². The largest absolute Gasteiger partial charge is 0.493 e. The van der Waals surface area contributed by atoms with Gasteiger partial charge < -0.3 is 20.5 Å². The summed E-state index contributed by atoms with van der Waals surface area (Å²) in [5, 5.41) is 16.5. The average molecular weight is 473 g/mol. The number of aliphatic hydroxyl groups is 1. The molecule has 0 atom stereocenters. The second kappa shape index (κ2) is 11.0. The van der Waals surface area contributed by atoms with Crippen LogP contribution in [0, 0.1) is 5.92 Å². The molecule has 0 saturated heterocycles. The Morgan fingerprint density at radius 3 is 2.58 bits per heavy atom. The van der Waals surface area contributed by atoms with Gasteiger partial charge in [0.15, 0.2) is 5.96 Å². The monoisotopic (exact) mass is 473 g/mol. The van der Waals surface area contributed by atoms with Crippen molar-refractivity contribution in [3.63, 3.8) is 0 Å². The lowest BCUT2D eigenvalue weighted by Crippen LogP contribution is -2.45. The summed E-state index contributed by atoms with van der Waals surface area (Å²) in [7, 11) is 0. The Kier molecular flexibility index (Phi) is 8.98. The van der Waals surface area contributed by atoms with Crippen molar-refractivity contribution in [1.29, 1.82) is 0 Å². The highest BCUT2D eigenvalue weighted by Crippen LogP contribution is 2.30. The number of para-hydroxylation sites is 1. The minimum atomic E-state index is -0.131. The van der Waals surface area contributed by atoms with Crippen molar-refractivity contribution in [3.05, 3.63) is 29.8 Å². The lowest BCUT2D eigenvalue weighted by atomic mass is 9.93. The molecule has 0 aliphatic heterocycles. The van der Waals surface area contributed by atoms with Crippen LogP contribution in [0.2, 0.25) is 0 Å². The third-order valence-electron chi connectivity index (χ3n) is 4.93. The first kappa shape index (κ1) is 21.3. The number of nitrogens with zero attached hydrogens (tertiary/aromatic N) is 1. The lowest BCUT2D eigenvalue weighted by Gasteiger charge is -2.27. The van der Waals surface area contributed by atoms with Crippen LogP contribution in [-0.2, 0) is 6.54 Å². The van der Waals surface area contributed by atoms with Crippen molar-refractivity contribution in [2.75, 3.05) is 13.2 Å². The van der Waals surface area contributed by atoms with Crippen molar-refractivity contribution in [3.8, 4) is 5.75 Å². The van der Waals surface area contributed by atoms with Crippen LogP contribution in [0.4, 0.5) is 0 Å². The fourth-order valence-electron chi connectivity index (χ4n) is 3.17. The summed E-state index contributed by atoms with van der Waals surface area (Å²) in [6.07, 6.45) is 6.19. The van der Waals surface area contributed by atoms with E-state index >= 15 is 0 Å². The maximum Gasteiger partial charge on any atom is 0.191 e. The molecule has 0 heterocycles. The SMILES string of the molecule is CCNC(=NCc1ccccc1OCC1CC1)NC1CCC(O)CC1.I. The molecule has 6 heteroatoms. The van der Waals surface area contributed by atoms with Gasteiger partial charge in [-0.2, -0.15) is 0 Å². The molecule has 0 spiro atoms. The van der Waals surface area contributed by atoms with Gasteiger partial charge in [0.2, 0.25) is 0 Å². The van der Waals surface area contributed by atoms with Crippen molar-refractivity contribution >= 4 is 29.9 Å². The topological polar surface area (TPSA) is 65.9 Å². The molecule has 0 bridgehead atoms. The summed E-state index contributed by atoms with van der Waals surface area (Å²) in [5.74, 6) is 2.55. The van der Waals surface area contributed by atoms with Crippen molar-refractivity contribution in [2.24, 2.45) is 10.9 Å². The van der Waals surface area contributed by atoms with E-state index < -0.39 is 0 Å². The van der Waals surface area contributed by atoms with Crippen LogP contribution < -0.4 is 15.4 Å². The number of guanidine groups is 1. The Morgan fingerprint density at radius 1 is 1.15 bits per heavy atom. The molecule has 0 unspecified atom stereocenters. The van der Waals surface area contributed by atoms with E-state index in [1.165, 1.54) is 12.8 Å². The number of nitrogens with one attached hydrogen (secondary N) is 2. The summed E-state index contributed by atoms with van der Waals surface area (Å²) >= 11 is 0. The average Bonchev–Trinajstić information content (AvgIpc) is 3.45. The molecule has 26 heavy (non-hydrogen) atoms. The van der Waals surface area contributed by atoms with Crippen LogP contribution in [0.3, 0.4) is 0 Å². The van der Waals surface area contributed by atoms with Gasteiger partial charge in [-0.25, -0.2) is 4.99 Å². The highest BCUT2D eigenvalue weighted by molar-refractivity contribution is 14.0. The summed E-state index contributed by atoms with van der Waals surface area (Å²) < 4.78 is 5.98. The zero-order chi connectivity index (χ0) is 17.5. The quantitative estimate of drug-likeness (QED) is 0.323. The van der Waals surface area contributed by atoms with Crippen LogP contribution >= 0.6 is 24.0 Å². The molecule has 1 aromatic rings. The normalized spacial score (nSPS) is 23.1. The predicted octanol–water partition coefficient (Wildman–Crippen LogP) is 3.45. The first-order valence-corrected chi connectivity index (χ1v) is 9.68. The zero-order valence-electron chi connectivity index (χ0n) is 15.6. The molecule has 146 valence electrons. The van der Waals surface area contributed by atoms with Crippen molar-refractivity contribution < 1.29 is 9.84 Å². The zero-order valence-corrected chi connectivity index (χ0v) is 17.9. The Bertz CT molecular complexity index is 570. The fourth-order valence-corrected chi connectivity index (χ4v) is 3.17. The maximum atomic E-state index is 9.65. The summed E-state index contributed by atoms with van der Waals surface area (Å²) in [6, 6.07) is 8.58. The number of halogens is 1. The Morgan fingerprint density at radius 2 is 1.88 bits per heavy atom. The standard InChI is InChI=1S/C20H31N3O2.HI/c1-2-21-20(23-17-9-11-18(24)12-10-17)22-13-16-5-3-4-6-19(16)25-14-15-7-8-15;/h3-6,15,17-18,24H,2,7-14H2,1H3,(H2,21,22,23);1H. The minimum absolute atomic E-state index is 0. The van der Waals surface area contributed by atoms with Crippen LogP contribution in [0.15, 0.2) is 29.3 Å². The molecule has 2 aliphatic carbocycles. The molecule has 2 saturated carbocycles. The smallest absolute Gasteiger partial charge is 0.191 e. The van der Waals surface area contributed by atoms with Crippen LogP contribution in [0.5, 0.6) is 5.75 Å². The molecule has 3 rings (SSSR count). The molecule has 5 nitrogen and oxygen atoms in total. The van der Waals surface area contributed by atoms with Crippen LogP contribution in [-0.4, -0.2) is 36.4 Å². The molecule has 0 radical (unpaired) electrons. The van der Waals surface area contributed by atoms with E-state index in [0.717, 1.165) is 62.0 Å². The Balaban J connectivity index is 0.00000243. The molecular formula is C20H32IN3O2. The highest BCUT2D eigenvalue weighted by Gasteiger charge is 2.22. The number of ether oxygens (including phenoxy) is 1. The summed E-state index contributed by atoms with van der Waals surface area (Å²) in [6.45, 7) is 4.34. The first-order valence-electron chi connectivity index (χ1n) is 9.68. The molecule has 0 amide bonds. The van der Waals surface area contributed by atoms with E-state index in [9.17, 15) is 5.11 Å². The van der Waals surface area contributed by atoms with Crippen LogP contribution in [0.1, 0.15) is 51.0 Å². The number of benzene rings is 1. The van der Waals surface area contributed by atoms with Crippen molar-refractivity contribution in [2.45, 2.75) is 64.1 Å². The summed E-state index contributed by atoms with van der Waals surface area (Å²) in [5.41, 5.74) is 1.12. The van der Waals surface area contributed by atoms with E-state index in [2.05, 4.69) is 23.6 Å². The van der Waals surface area contributed by atoms with Gasteiger partial charge in [-0.1, -0.05) is 18.2 Å². The van der Waals surface area contributed by atoms with Crippen molar-refractivity contribution in [1.82, 2.24) is 10.6 Å². The van der Waals surface area contributed by atoms with E-state index in [-0.39, 0.29) is 30.1 Å². The maximum absolute atomic E-state index is 9.65. The van der Waals surface area contributed by atoms with Gasteiger partial charge in [-0.15, -0.1) is 24.0 Å². The van der Waals surface area contributed by atoms with Gasteiger partial charge in [-0.05, 0) is 57.4 Å². The van der Waals surface area contributed by atoms with E-state index in [1.54, 1.807) is 0 Å².